The lowest BCUT2D eigenvalue weighted by atomic mass is 9.91. The Morgan fingerprint density at radius 1 is 0.767 bits per heavy atom. The number of carbonyl (C=O) groups is 4. The zero-order valence-electron chi connectivity index (χ0n) is 16.6. The Kier molecular flexibility index (Phi) is 11.1. The van der Waals surface area contributed by atoms with E-state index in [9.17, 15) is 34.5 Å². The van der Waals surface area contributed by atoms with Crippen LogP contribution < -0.4 is 0 Å². The summed E-state index contributed by atoms with van der Waals surface area (Å²) < 4.78 is 5.10. The highest BCUT2D eigenvalue weighted by atomic mass is 16.5. The fourth-order valence-electron chi connectivity index (χ4n) is 2.99. The van der Waals surface area contributed by atoms with Gasteiger partial charge in [-0.25, -0.2) is 4.79 Å². The van der Waals surface area contributed by atoms with Crippen LogP contribution in [0.25, 0.3) is 0 Å². The smallest absolute Gasteiger partial charge is 0.332 e. The highest BCUT2D eigenvalue weighted by molar-refractivity contribution is 5.78. The molecule has 4 N–H and O–H groups in total. The maximum absolute atomic E-state index is 11.9. The molecule has 1 aromatic carbocycles. The molecule has 0 bridgehead atoms. The van der Waals surface area contributed by atoms with E-state index in [1.54, 1.807) is 24.3 Å². The van der Waals surface area contributed by atoms with Crippen molar-refractivity contribution in [1.29, 1.82) is 0 Å². The van der Waals surface area contributed by atoms with Crippen molar-refractivity contribution >= 4 is 23.9 Å². The molecule has 1 rings (SSSR count). The van der Waals surface area contributed by atoms with Crippen LogP contribution in [0.4, 0.5) is 0 Å². The van der Waals surface area contributed by atoms with Crippen molar-refractivity contribution < 1.29 is 44.3 Å². The highest BCUT2D eigenvalue weighted by Gasteiger charge is 2.24. The topological polar surface area (TPSA) is 158 Å². The van der Waals surface area contributed by atoms with E-state index in [1.807, 2.05) is 6.07 Å². The van der Waals surface area contributed by atoms with E-state index in [2.05, 4.69) is 0 Å². The molecule has 9 heteroatoms. The van der Waals surface area contributed by atoms with E-state index in [1.165, 1.54) is 0 Å². The molecule has 0 radical (unpaired) electrons. The Balaban J connectivity index is 2.42. The molecule has 3 atom stereocenters. The lowest BCUT2D eigenvalue weighted by molar-refractivity contribution is -0.152. The number of esters is 1. The molecule has 0 aliphatic rings. The maximum atomic E-state index is 11.9. The standard InChI is InChI=1S/C21H28O9/c22-17(21(28)29)11-5-9-15(19(24)25)8-4-10-16(20(26)27)12-18(23)30-13-14-6-2-1-3-7-14/h1-3,6-7,15-17,22H,4-5,8-13H2,(H,24,25)(H,26,27)(H,28,29)/t15?,16?,17-/m0/s1. The number of hydrogen-bond donors (Lipinski definition) is 4. The van der Waals surface area contributed by atoms with Crippen LogP contribution in [0, 0.1) is 11.8 Å². The van der Waals surface area contributed by atoms with Crippen molar-refractivity contribution in [2.75, 3.05) is 0 Å². The Morgan fingerprint density at radius 2 is 1.30 bits per heavy atom. The van der Waals surface area contributed by atoms with Crippen LogP contribution in [0.15, 0.2) is 30.3 Å². The minimum Gasteiger partial charge on any atom is -0.481 e. The average Bonchev–Trinajstić information content (AvgIpc) is 2.70. The fourth-order valence-corrected chi connectivity index (χ4v) is 2.99. The van der Waals surface area contributed by atoms with Gasteiger partial charge in [0.05, 0.1) is 18.3 Å². The molecule has 0 aliphatic carbocycles. The van der Waals surface area contributed by atoms with Crippen molar-refractivity contribution in [3.05, 3.63) is 35.9 Å². The molecule has 0 aliphatic heterocycles. The van der Waals surface area contributed by atoms with Gasteiger partial charge in [0.25, 0.3) is 0 Å². The third-order valence-corrected chi connectivity index (χ3v) is 4.77. The molecule has 0 amide bonds. The Bertz CT molecular complexity index is 702. The second kappa shape index (κ2) is 13.3. The van der Waals surface area contributed by atoms with E-state index in [0.717, 1.165) is 5.56 Å². The number of rotatable bonds is 15. The quantitative estimate of drug-likeness (QED) is 0.310. The highest BCUT2D eigenvalue weighted by Crippen LogP contribution is 2.21. The average molecular weight is 424 g/mol. The first-order valence-corrected chi connectivity index (χ1v) is 9.76. The molecule has 0 saturated carbocycles. The van der Waals surface area contributed by atoms with Crippen LogP contribution in [-0.4, -0.2) is 50.4 Å². The van der Waals surface area contributed by atoms with Gasteiger partial charge in [0.15, 0.2) is 6.10 Å². The van der Waals surface area contributed by atoms with Gasteiger partial charge in [-0.2, -0.15) is 0 Å². The molecular weight excluding hydrogens is 396 g/mol. The Hall–Kier alpha value is -2.94. The number of aliphatic hydroxyl groups is 1. The van der Waals surface area contributed by atoms with E-state index >= 15 is 0 Å². The summed E-state index contributed by atoms with van der Waals surface area (Å²) in [5.41, 5.74) is 0.787. The number of benzene rings is 1. The fraction of sp³-hybridized carbons (Fsp3) is 0.524. The first-order valence-electron chi connectivity index (χ1n) is 9.76. The third kappa shape index (κ3) is 10.0. The van der Waals surface area contributed by atoms with Gasteiger partial charge in [0.1, 0.15) is 6.61 Å². The van der Waals surface area contributed by atoms with Gasteiger partial charge in [-0.05, 0) is 37.7 Å². The molecule has 30 heavy (non-hydrogen) atoms. The normalized spacial score (nSPS) is 13.8. The predicted octanol–water partition coefficient (Wildman–Crippen LogP) is 2.31. The Morgan fingerprint density at radius 3 is 1.83 bits per heavy atom. The molecule has 1 aromatic rings. The van der Waals surface area contributed by atoms with E-state index < -0.39 is 41.8 Å². The Labute approximate surface area is 174 Å². The monoisotopic (exact) mass is 424 g/mol. The van der Waals surface area contributed by atoms with Crippen molar-refractivity contribution in [2.45, 2.75) is 57.7 Å². The number of hydrogen-bond acceptors (Lipinski definition) is 6. The molecule has 0 fully saturated rings. The SMILES string of the molecule is O=C(CC(CCCC(CCC[C@H](O)C(=O)O)C(=O)O)C(=O)O)OCc1ccccc1. The number of carbonyl (C=O) groups excluding carboxylic acids is 1. The summed E-state index contributed by atoms with van der Waals surface area (Å²) in [6.45, 7) is 0.0509. The summed E-state index contributed by atoms with van der Waals surface area (Å²) in [4.78, 5) is 45.3. The van der Waals surface area contributed by atoms with Crippen molar-refractivity contribution in [3.8, 4) is 0 Å². The van der Waals surface area contributed by atoms with Crippen molar-refractivity contribution in [3.63, 3.8) is 0 Å². The van der Waals surface area contributed by atoms with Gasteiger partial charge >= 0.3 is 23.9 Å². The van der Waals surface area contributed by atoms with Gasteiger partial charge < -0.3 is 25.2 Å². The molecule has 9 nitrogen and oxygen atoms in total. The largest absolute Gasteiger partial charge is 0.481 e. The second-order valence-corrected chi connectivity index (χ2v) is 7.14. The molecule has 166 valence electrons. The first-order chi connectivity index (χ1) is 14.2. The molecule has 0 heterocycles. The number of aliphatic carboxylic acids is 3. The molecular formula is C21H28O9. The van der Waals surface area contributed by atoms with E-state index in [-0.39, 0.29) is 51.6 Å². The van der Waals surface area contributed by atoms with Gasteiger partial charge in [-0.1, -0.05) is 36.8 Å². The summed E-state index contributed by atoms with van der Waals surface area (Å²) in [5.74, 6) is -5.95. The van der Waals surface area contributed by atoms with Crippen LogP contribution >= 0.6 is 0 Å². The van der Waals surface area contributed by atoms with Crippen LogP contribution in [0.5, 0.6) is 0 Å². The lowest BCUT2D eigenvalue weighted by Crippen LogP contribution is -2.21. The molecule has 0 spiro atoms. The van der Waals surface area contributed by atoms with Crippen LogP contribution in [0.3, 0.4) is 0 Å². The second-order valence-electron chi connectivity index (χ2n) is 7.14. The maximum Gasteiger partial charge on any atom is 0.332 e. The van der Waals surface area contributed by atoms with Gasteiger partial charge in [0, 0.05) is 0 Å². The number of carboxylic acid groups (broad SMARTS) is 3. The summed E-state index contributed by atoms with van der Waals surface area (Å²) in [7, 11) is 0. The number of ether oxygens (including phenoxy) is 1. The lowest BCUT2D eigenvalue weighted by Gasteiger charge is -2.15. The van der Waals surface area contributed by atoms with Crippen LogP contribution in [0.1, 0.15) is 50.5 Å². The number of aliphatic hydroxyl groups excluding tert-OH is 1. The first kappa shape index (κ1) is 25.1. The molecule has 0 saturated heterocycles. The van der Waals surface area contributed by atoms with Crippen molar-refractivity contribution in [2.24, 2.45) is 11.8 Å². The molecule has 0 aromatic heterocycles. The summed E-state index contributed by atoms with van der Waals surface area (Å²) >= 11 is 0. The van der Waals surface area contributed by atoms with Crippen LogP contribution in [-0.2, 0) is 30.5 Å². The van der Waals surface area contributed by atoms with Gasteiger partial charge in [0.2, 0.25) is 0 Å². The minimum atomic E-state index is -1.53. The minimum absolute atomic E-state index is 0.0509. The van der Waals surface area contributed by atoms with E-state index in [4.69, 9.17) is 9.84 Å². The van der Waals surface area contributed by atoms with E-state index in [0.29, 0.717) is 0 Å². The van der Waals surface area contributed by atoms with Crippen molar-refractivity contribution in [1.82, 2.24) is 0 Å². The third-order valence-electron chi connectivity index (χ3n) is 4.77. The molecule has 2 unspecified atom stereocenters. The zero-order chi connectivity index (χ0) is 22.5. The summed E-state index contributed by atoms with van der Waals surface area (Å²) in [6, 6.07) is 8.98. The predicted molar refractivity (Wildman–Crippen MR) is 104 cm³/mol. The van der Waals surface area contributed by atoms with Gasteiger partial charge in [-0.15, -0.1) is 0 Å². The zero-order valence-corrected chi connectivity index (χ0v) is 16.6. The summed E-state index contributed by atoms with van der Waals surface area (Å²) in [5, 5.41) is 36.5. The summed E-state index contributed by atoms with van der Waals surface area (Å²) in [6.07, 6.45) is -0.887. The number of carboxylic acids is 3. The van der Waals surface area contributed by atoms with Gasteiger partial charge in [-0.3, -0.25) is 14.4 Å². The van der Waals surface area contributed by atoms with Crippen LogP contribution in [0.2, 0.25) is 0 Å².